The zero-order valence-corrected chi connectivity index (χ0v) is 14.4. The molecule has 2 fully saturated rings. The number of hydroxylamine groups is 2. The van der Waals surface area contributed by atoms with E-state index in [2.05, 4.69) is 17.0 Å². The molecule has 0 N–H and O–H groups in total. The molecule has 2 aliphatic heterocycles. The summed E-state index contributed by atoms with van der Waals surface area (Å²) in [7, 11) is -1.51. The first kappa shape index (κ1) is 16.9. The van der Waals surface area contributed by atoms with E-state index in [1.807, 2.05) is 30.3 Å². The normalized spacial score (nSPS) is 30.1. The zero-order valence-electron chi connectivity index (χ0n) is 13.6. The van der Waals surface area contributed by atoms with E-state index < -0.39 is 10.1 Å². The second-order valence-corrected chi connectivity index (χ2v) is 8.03. The highest BCUT2D eigenvalue weighted by molar-refractivity contribution is 7.86. The van der Waals surface area contributed by atoms with Crippen LogP contribution in [0.15, 0.2) is 30.3 Å². The summed E-state index contributed by atoms with van der Waals surface area (Å²) in [5.74, 6) is 0. The van der Waals surface area contributed by atoms with Crippen molar-refractivity contribution in [3.8, 4) is 0 Å². The lowest BCUT2D eigenvalue weighted by molar-refractivity contribution is -0.144. The van der Waals surface area contributed by atoms with E-state index in [0.717, 1.165) is 25.8 Å². The number of rotatable bonds is 5. The Labute approximate surface area is 138 Å². The molecule has 6 nitrogen and oxygen atoms in total. The number of benzene rings is 1. The molecule has 0 aromatic heterocycles. The fourth-order valence-corrected chi connectivity index (χ4v) is 4.14. The van der Waals surface area contributed by atoms with Crippen LogP contribution in [0.3, 0.4) is 0 Å². The Bertz CT molecular complexity index is 622. The minimum absolute atomic E-state index is 0.0943. The summed E-state index contributed by atoms with van der Waals surface area (Å²) in [5.41, 5.74) is 1.21. The maximum absolute atomic E-state index is 11.5. The van der Waals surface area contributed by atoms with Crippen LogP contribution in [0.1, 0.15) is 18.4 Å². The molecule has 0 aliphatic carbocycles. The van der Waals surface area contributed by atoms with Crippen LogP contribution < -0.4 is 0 Å². The van der Waals surface area contributed by atoms with Gasteiger partial charge in [-0.3, -0.25) is 13.9 Å². The van der Waals surface area contributed by atoms with E-state index >= 15 is 0 Å². The molecule has 0 spiro atoms. The third-order valence-corrected chi connectivity index (χ3v) is 5.05. The van der Waals surface area contributed by atoms with Crippen molar-refractivity contribution in [2.45, 2.75) is 37.6 Å². The van der Waals surface area contributed by atoms with Gasteiger partial charge in [-0.2, -0.15) is 13.5 Å². The Morgan fingerprint density at radius 2 is 2.04 bits per heavy atom. The van der Waals surface area contributed by atoms with E-state index in [0.29, 0.717) is 13.0 Å². The van der Waals surface area contributed by atoms with Crippen LogP contribution in [-0.2, 0) is 25.7 Å². The van der Waals surface area contributed by atoms with E-state index in [-0.39, 0.29) is 18.2 Å². The molecular formula is C16H24N2O4S. The van der Waals surface area contributed by atoms with Gasteiger partial charge in [0.2, 0.25) is 0 Å². The maximum atomic E-state index is 11.5. The van der Waals surface area contributed by atoms with E-state index in [1.54, 1.807) is 0 Å². The minimum atomic E-state index is -3.44. The van der Waals surface area contributed by atoms with Crippen LogP contribution in [0, 0.1) is 0 Å². The van der Waals surface area contributed by atoms with Crippen LogP contribution in [-0.4, -0.2) is 63.0 Å². The van der Waals surface area contributed by atoms with Crippen molar-refractivity contribution in [3.63, 3.8) is 0 Å². The Kier molecular flexibility index (Phi) is 5.03. The molecule has 1 aromatic carbocycles. The second-order valence-electron chi connectivity index (χ2n) is 6.42. The smallest absolute Gasteiger partial charge is 0.264 e. The van der Waals surface area contributed by atoms with Crippen molar-refractivity contribution < 1.29 is 17.4 Å². The lowest BCUT2D eigenvalue weighted by Crippen LogP contribution is -2.38. The van der Waals surface area contributed by atoms with Gasteiger partial charge in [0, 0.05) is 32.7 Å². The highest BCUT2D eigenvalue weighted by atomic mass is 32.2. The van der Waals surface area contributed by atoms with Crippen LogP contribution in [0.5, 0.6) is 0 Å². The highest BCUT2D eigenvalue weighted by Crippen LogP contribution is 2.30. The van der Waals surface area contributed by atoms with E-state index in [4.69, 9.17) is 9.02 Å². The predicted octanol–water partition coefficient (Wildman–Crippen LogP) is 1.24. The lowest BCUT2D eigenvalue weighted by Gasteiger charge is -2.28. The topological polar surface area (TPSA) is 59.1 Å². The van der Waals surface area contributed by atoms with Gasteiger partial charge >= 0.3 is 0 Å². The van der Waals surface area contributed by atoms with Crippen LogP contribution in [0.25, 0.3) is 0 Å². The Morgan fingerprint density at radius 3 is 2.65 bits per heavy atom. The first-order valence-corrected chi connectivity index (χ1v) is 9.76. The molecule has 2 saturated heterocycles. The lowest BCUT2D eigenvalue weighted by atomic mass is 10.0. The van der Waals surface area contributed by atoms with Gasteiger partial charge in [0.25, 0.3) is 10.1 Å². The molecule has 128 valence electrons. The number of hydrogen-bond donors (Lipinski definition) is 0. The fourth-order valence-electron chi connectivity index (χ4n) is 3.50. The average molecular weight is 340 g/mol. The standard InChI is InChI=1S/C16H24N2O4S/c1-17-9-8-16(21-17)15-10-14(22-23(2,19)20)12-18(15)11-13-6-4-3-5-7-13/h3-7,14-16H,8-12H2,1-2H3/t14-,15+,16+/m1/s1. The van der Waals surface area contributed by atoms with Crippen molar-refractivity contribution in [1.82, 2.24) is 9.96 Å². The van der Waals surface area contributed by atoms with Crippen molar-refractivity contribution in [3.05, 3.63) is 35.9 Å². The molecule has 0 saturated carbocycles. The number of nitrogens with zero attached hydrogens (tertiary/aromatic N) is 2. The van der Waals surface area contributed by atoms with Gasteiger partial charge in [-0.05, 0) is 18.4 Å². The molecule has 3 atom stereocenters. The molecule has 3 rings (SSSR count). The first-order chi connectivity index (χ1) is 10.9. The Morgan fingerprint density at radius 1 is 1.30 bits per heavy atom. The quantitative estimate of drug-likeness (QED) is 0.752. The minimum Gasteiger partial charge on any atom is -0.294 e. The van der Waals surface area contributed by atoms with E-state index in [1.165, 1.54) is 5.56 Å². The monoisotopic (exact) mass is 340 g/mol. The number of hydrogen-bond acceptors (Lipinski definition) is 6. The van der Waals surface area contributed by atoms with Crippen molar-refractivity contribution >= 4 is 10.1 Å². The predicted molar refractivity (Wildman–Crippen MR) is 87.1 cm³/mol. The largest absolute Gasteiger partial charge is 0.294 e. The molecule has 0 radical (unpaired) electrons. The van der Waals surface area contributed by atoms with Gasteiger partial charge in [0.1, 0.15) is 0 Å². The summed E-state index contributed by atoms with van der Waals surface area (Å²) in [6.07, 6.45) is 2.54. The maximum Gasteiger partial charge on any atom is 0.264 e. The van der Waals surface area contributed by atoms with Crippen LogP contribution in [0.4, 0.5) is 0 Å². The average Bonchev–Trinajstić information content (AvgIpc) is 3.05. The zero-order chi connectivity index (χ0) is 16.4. The third kappa shape index (κ3) is 4.51. The summed E-state index contributed by atoms with van der Waals surface area (Å²) in [5, 5.41) is 1.86. The fraction of sp³-hybridized carbons (Fsp3) is 0.625. The summed E-state index contributed by atoms with van der Waals surface area (Å²) < 4.78 is 28.1. The van der Waals surface area contributed by atoms with Gasteiger partial charge in [-0.15, -0.1) is 0 Å². The highest BCUT2D eigenvalue weighted by Gasteiger charge is 2.41. The summed E-state index contributed by atoms with van der Waals surface area (Å²) in [4.78, 5) is 8.16. The SMILES string of the molecule is CN1CC[C@@H]([C@@H]2C[C@@H](OS(C)(=O)=O)CN2Cc2ccccc2)O1. The summed E-state index contributed by atoms with van der Waals surface area (Å²) in [6.45, 7) is 2.28. The Balaban J connectivity index is 1.73. The van der Waals surface area contributed by atoms with Gasteiger partial charge in [0.05, 0.1) is 18.5 Å². The number of likely N-dealkylation sites (tertiary alicyclic amines) is 1. The van der Waals surface area contributed by atoms with Gasteiger partial charge in [0.15, 0.2) is 0 Å². The summed E-state index contributed by atoms with van der Waals surface area (Å²) in [6, 6.07) is 10.4. The first-order valence-electron chi connectivity index (χ1n) is 7.95. The molecule has 23 heavy (non-hydrogen) atoms. The molecule has 7 heteroatoms. The van der Waals surface area contributed by atoms with E-state index in [9.17, 15) is 8.42 Å². The molecule has 0 bridgehead atoms. The molecule has 2 aliphatic rings. The van der Waals surface area contributed by atoms with Crippen molar-refractivity contribution in [1.29, 1.82) is 0 Å². The van der Waals surface area contributed by atoms with Gasteiger partial charge in [-0.1, -0.05) is 30.3 Å². The van der Waals surface area contributed by atoms with Crippen molar-refractivity contribution in [2.75, 3.05) is 26.4 Å². The molecule has 0 amide bonds. The molecule has 0 unspecified atom stereocenters. The molecular weight excluding hydrogens is 316 g/mol. The molecule has 1 aromatic rings. The summed E-state index contributed by atoms with van der Waals surface area (Å²) >= 11 is 0. The third-order valence-electron chi connectivity index (χ3n) is 4.42. The van der Waals surface area contributed by atoms with Crippen molar-refractivity contribution in [2.24, 2.45) is 0 Å². The van der Waals surface area contributed by atoms with Gasteiger partial charge in [-0.25, -0.2) is 0 Å². The Hall–Kier alpha value is -0.990. The van der Waals surface area contributed by atoms with Crippen LogP contribution >= 0.6 is 0 Å². The molecule has 2 heterocycles. The van der Waals surface area contributed by atoms with Gasteiger partial charge < -0.3 is 0 Å². The second kappa shape index (κ2) is 6.86. The van der Waals surface area contributed by atoms with Crippen LogP contribution in [0.2, 0.25) is 0 Å².